The maximum absolute atomic E-state index is 13.0. The highest BCUT2D eigenvalue weighted by molar-refractivity contribution is 5.85. The standard InChI is InChI=1S/C19H20N2O2/c22-19(17-13-23-18-6-2-1-5-16(17)18)21-11-3-4-15(12-21)14-7-9-20-10-8-14/h1-2,5-10,15,17H,3-4,11-13H2. The molecule has 0 N–H and O–H groups in total. The lowest BCUT2D eigenvalue weighted by molar-refractivity contribution is -0.134. The number of ether oxygens (including phenoxy) is 1. The van der Waals surface area contributed by atoms with Crippen molar-refractivity contribution < 1.29 is 9.53 Å². The number of hydrogen-bond donors (Lipinski definition) is 0. The predicted molar refractivity (Wildman–Crippen MR) is 87.5 cm³/mol. The first-order chi connectivity index (χ1) is 11.3. The molecule has 2 aliphatic rings. The second kappa shape index (κ2) is 6.03. The van der Waals surface area contributed by atoms with Crippen molar-refractivity contribution in [2.45, 2.75) is 24.7 Å². The molecule has 2 atom stereocenters. The third kappa shape index (κ3) is 2.69. The molecule has 2 aliphatic heterocycles. The molecule has 4 rings (SSSR count). The van der Waals surface area contributed by atoms with Crippen LogP contribution >= 0.6 is 0 Å². The number of piperidine rings is 1. The molecular weight excluding hydrogens is 288 g/mol. The summed E-state index contributed by atoms with van der Waals surface area (Å²) in [4.78, 5) is 19.1. The molecule has 0 aliphatic carbocycles. The van der Waals surface area contributed by atoms with E-state index in [4.69, 9.17) is 4.74 Å². The van der Waals surface area contributed by atoms with Gasteiger partial charge in [-0.3, -0.25) is 9.78 Å². The Morgan fingerprint density at radius 1 is 1.17 bits per heavy atom. The summed E-state index contributed by atoms with van der Waals surface area (Å²) in [5.41, 5.74) is 2.31. The van der Waals surface area contributed by atoms with Crippen LogP contribution in [0.15, 0.2) is 48.8 Å². The van der Waals surface area contributed by atoms with E-state index in [1.165, 1.54) is 5.56 Å². The van der Waals surface area contributed by atoms with Gasteiger partial charge >= 0.3 is 0 Å². The monoisotopic (exact) mass is 308 g/mol. The SMILES string of the molecule is O=C(C1COc2ccccc21)N1CCCC(c2ccncc2)C1. The number of carbonyl (C=O) groups is 1. The van der Waals surface area contributed by atoms with Crippen molar-refractivity contribution in [3.05, 3.63) is 59.9 Å². The Morgan fingerprint density at radius 3 is 2.87 bits per heavy atom. The van der Waals surface area contributed by atoms with Crippen LogP contribution < -0.4 is 4.74 Å². The highest BCUT2D eigenvalue weighted by Crippen LogP contribution is 2.36. The zero-order valence-corrected chi connectivity index (χ0v) is 13.0. The average molecular weight is 308 g/mol. The number of aromatic nitrogens is 1. The summed E-state index contributed by atoms with van der Waals surface area (Å²) in [6.45, 7) is 2.11. The van der Waals surface area contributed by atoms with Crippen LogP contribution in [0.1, 0.15) is 35.8 Å². The molecule has 4 heteroatoms. The smallest absolute Gasteiger partial charge is 0.233 e. The second-order valence-electron chi connectivity index (χ2n) is 6.31. The van der Waals surface area contributed by atoms with E-state index in [0.717, 1.165) is 37.2 Å². The summed E-state index contributed by atoms with van der Waals surface area (Å²) in [6, 6.07) is 12.0. The molecule has 1 aromatic carbocycles. The molecule has 2 aromatic rings. The molecule has 3 heterocycles. The third-order valence-electron chi connectivity index (χ3n) is 4.91. The predicted octanol–water partition coefficient (Wildman–Crippen LogP) is 2.96. The molecule has 4 nitrogen and oxygen atoms in total. The molecule has 1 aromatic heterocycles. The molecule has 0 spiro atoms. The zero-order valence-electron chi connectivity index (χ0n) is 13.0. The summed E-state index contributed by atoms with van der Waals surface area (Å²) in [7, 11) is 0. The molecule has 1 amide bonds. The maximum atomic E-state index is 13.0. The Balaban J connectivity index is 1.51. The number of amides is 1. The molecule has 1 saturated heterocycles. The lowest BCUT2D eigenvalue weighted by atomic mass is 9.90. The lowest BCUT2D eigenvalue weighted by Gasteiger charge is -2.34. The molecule has 23 heavy (non-hydrogen) atoms. The van der Waals surface area contributed by atoms with Crippen LogP contribution in [0.4, 0.5) is 0 Å². The largest absolute Gasteiger partial charge is 0.492 e. The number of nitrogens with zero attached hydrogens (tertiary/aromatic N) is 2. The summed E-state index contributed by atoms with van der Waals surface area (Å²) in [5.74, 6) is 1.32. The van der Waals surface area contributed by atoms with Crippen LogP contribution in [-0.4, -0.2) is 35.5 Å². The Morgan fingerprint density at radius 2 is 2.00 bits per heavy atom. The van der Waals surface area contributed by atoms with E-state index in [2.05, 4.69) is 17.1 Å². The van der Waals surface area contributed by atoms with Gasteiger partial charge in [-0.05, 0) is 36.6 Å². The maximum Gasteiger partial charge on any atom is 0.233 e. The first kappa shape index (κ1) is 14.2. The van der Waals surface area contributed by atoms with Crippen LogP contribution in [0.2, 0.25) is 0 Å². The molecule has 0 radical (unpaired) electrons. The van der Waals surface area contributed by atoms with Gasteiger partial charge in [0.1, 0.15) is 18.3 Å². The van der Waals surface area contributed by atoms with Crippen molar-refractivity contribution in [3.63, 3.8) is 0 Å². The Labute approximate surface area is 136 Å². The minimum absolute atomic E-state index is 0.151. The van der Waals surface area contributed by atoms with E-state index in [-0.39, 0.29) is 11.8 Å². The van der Waals surface area contributed by atoms with Crippen LogP contribution in [0.5, 0.6) is 5.75 Å². The Hall–Kier alpha value is -2.36. The topological polar surface area (TPSA) is 42.4 Å². The van der Waals surface area contributed by atoms with E-state index in [1.54, 1.807) is 0 Å². The molecule has 0 saturated carbocycles. The lowest BCUT2D eigenvalue weighted by Crippen LogP contribution is -2.42. The molecule has 0 bridgehead atoms. The van der Waals surface area contributed by atoms with Gasteiger partial charge in [0.25, 0.3) is 0 Å². The van der Waals surface area contributed by atoms with Gasteiger partial charge in [-0.15, -0.1) is 0 Å². The van der Waals surface area contributed by atoms with Gasteiger partial charge in [0.15, 0.2) is 0 Å². The first-order valence-corrected chi connectivity index (χ1v) is 8.23. The highest BCUT2D eigenvalue weighted by atomic mass is 16.5. The summed E-state index contributed by atoms with van der Waals surface area (Å²) >= 11 is 0. The van der Waals surface area contributed by atoms with Crippen LogP contribution in [0, 0.1) is 0 Å². The van der Waals surface area contributed by atoms with Crippen LogP contribution in [-0.2, 0) is 4.79 Å². The first-order valence-electron chi connectivity index (χ1n) is 8.23. The van der Waals surface area contributed by atoms with E-state index in [9.17, 15) is 4.79 Å². The minimum Gasteiger partial charge on any atom is -0.492 e. The summed E-state index contributed by atoms with van der Waals surface area (Å²) < 4.78 is 5.68. The van der Waals surface area contributed by atoms with Crippen molar-refractivity contribution in [3.8, 4) is 5.75 Å². The summed E-state index contributed by atoms with van der Waals surface area (Å²) in [6.07, 6.45) is 5.84. The van der Waals surface area contributed by atoms with Gasteiger partial charge in [0, 0.05) is 37.0 Å². The number of para-hydroxylation sites is 1. The number of hydrogen-bond acceptors (Lipinski definition) is 3. The molecule has 118 valence electrons. The Kier molecular flexibility index (Phi) is 3.74. The number of benzene rings is 1. The number of pyridine rings is 1. The second-order valence-corrected chi connectivity index (χ2v) is 6.31. The van der Waals surface area contributed by atoms with Crippen molar-refractivity contribution in [2.24, 2.45) is 0 Å². The fourth-order valence-electron chi connectivity index (χ4n) is 3.67. The fraction of sp³-hybridized carbons (Fsp3) is 0.368. The summed E-state index contributed by atoms with van der Waals surface area (Å²) in [5, 5.41) is 0. The zero-order chi connectivity index (χ0) is 15.6. The van der Waals surface area contributed by atoms with E-state index < -0.39 is 0 Å². The van der Waals surface area contributed by atoms with Gasteiger partial charge in [0.2, 0.25) is 5.91 Å². The quantitative estimate of drug-likeness (QED) is 0.856. The average Bonchev–Trinajstić information content (AvgIpc) is 3.06. The fourth-order valence-corrected chi connectivity index (χ4v) is 3.67. The number of rotatable bonds is 2. The van der Waals surface area contributed by atoms with Crippen LogP contribution in [0.25, 0.3) is 0 Å². The number of carbonyl (C=O) groups excluding carboxylic acids is 1. The van der Waals surface area contributed by atoms with Gasteiger partial charge < -0.3 is 9.64 Å². The minimum atomic E-state index is -0.151. The Bertz CT molecular complexity index is 702. The normalized spacial score (nSPS) is 23.2. The highest BCUT2D eigenvalue weighted by Gasteiger charge is 2.35. The van der Waals surface area contributed by atoms with Gasteiger partial charge in [0.05, 0.1) is 0 Å². The van der Waals surface area contributed by atoms with Crippen LogP contribution in [0.3, 0.4) is 0 Å². The van der Waals surface area contributed by atoms with Gasteiger partial charge in [-0.2, -0.15) is 0 Å². The van der Waals surface area contributed by atoms with Gasteiger partial charge in [-0.1, -0.05) is 18.2 Å². The van der Waals surface area contributed by atoms with Crippen molar-refractivity contribution in [2.75, 3.05) is 19.7 Å². The van der Waals surface area contributed by atoms with Crippen molar-refractivity contribution in [1.82, 2.24) is 9.88 Å². The molecule has 2 unspecified atom stereocenters. The van der Waals surface area contributed by atoms with E-state index in [1.807, 2.05) is 41.6 Å². The molecule has 1 fully saturated rings. The molecular formula is C19H20N2O2. The van der Waals surface area contributed by atoms with Crippen molar-refractivity contribution >= 4 is 5.91 Å². The third-order valence-corrected chi connectivity index (χ3v) is 4.91. The van der Waals surface area contributed by atoms with E-state index >= 15 is 0 Å². The number of fused-ring (bicyclic) bond motifs is 1. The van der Waals surface area contributed by atoms with E-state index in [0.29, 0.717) is 12.5 Å². The van der Waals surface area contributed by atoms with Crippen molar-refractivity contribution in [1.29, 1.82) is 0 Å². The number of likely N-dealkylation sites (tertiary alicyclic amines) is 1. The van der Waals surface area contributed by atoms with Gasteiger partial charge in [-0.25, -0.2) is 0 Å².